The van der Waals surface area contributed by atoms with Crippen molar-refractivity contribution in [2.45, 2.75) is 20.3 Å². The maximum absolute atomic E-state index is 12.0. The number of aryl methyl sites for hydroxylation is 2. The van der Waals surface area contributed by atoms with Crippen LogP contribution in [-0.2, 0) is 4.74 Å². The average Bonchev–Trinajstić information content (AvgIpc) is 2.51. The Hall–Kier alpha value is -2.47. The lowest BCUT2D eigenvalue weighted by Crippen LogP contribution is -2.25. The summed E-state index contributed by atoms with van der Waals surface area (Å²) in [5.41, 5.74) is 3.28. The Bertz CT molecular complexity index is 636. The first-order valence-electron chi connectivity index (χ1n) is 7.55. The maximum Gasteiger partial charge on any atom is 0.251 e. The number of anilines is 2. The molecular formula is C17H22N4O2. The van der Waals surface area contributed by atoms with Gasteiger partial charge < -0.3 is 15.4 Å². The van der Waals surface area contributed by atoms with E-state index in [0.29, 0.717) is 24.7 Å². The first-order chi connectivity index (χ1) is 11.1. The number of carbonyl (C=O) groups is 1. The third-order valence-electron chi connectivity index (χ3n) is 3.20. The van der Waals surface area contributed by atoms with Gasteiger partial charge in [0.1, 0.15) is 0 Å². The van der Waals surface area contributed by atoms with Crippen molar-refractivity contribution < 1.29 is 9.53 Å². The van der Waals surface area contributed by atoms with Gasteiger partial charge >= 0.3 is 0 Å². The summed E-state index contributed by atoms with van der Waals surface area (Å²) in [6.45, 7) is 5.09. The molecule has 6 nitrogen and oxygen atoms in total. The largest absolute Gasteiger partial charge is 0.385 e. The summed E-state index contributed by atoms with van der Waals surface area (Å²) in [6.07, 6.45) is 0.798. The molecule has 23 heavy (non-hydrogen) atoms. The van der Waals surface area contributed by atoms with Crippen LogP contribution in [0.25, 0.3) is 0 Å². The van der Waals surface area contributed by atoms with E-state index in [4.69, 9.17) is 4.74 Å². The molecular weight excluding hydrogens is 292 g/mol. The number of carbonyl (C=O) groups excluding carboxylic acids is 1. The standard InChI is InChI=1S/C17H22N4O2/c1-12-11-13(2)20-17(19-12)21-15-7-5-14(6-8-15)16(22)18-9-4-10-23-3/h5-8,11H,4,9-10H2,1-3H3,(H,18,22)(H,19,20,21). The summed E-state index contributed by atoms with van der Waals surface area (Å²) >= 11 is 0. The predicted octanol–water partition coefficient (Wildman–Crippen LogP) is 2.60. The van der Waals surface area contributed by atoms with Crippen LogP contribution in [0.4, 0.5) is 11.6 Å². The van der Waals surface area contributed by atoms with Crippen molar-refractivity contribution in [3.05, 3.63) is 47.3 Å². The summed E-state index contributed by atoms with van der Waals surface area (Å²) in [5.74, 6) is 0.467. The Morgan fingerprint density at radius 1 is 1.13 bits per heavy atom. The molecule has 0 aliphatic rings. The number of hydrogen-bond donors (Lipinski definition) is 2. The van der Waals surface area contributed by atoms with Crippen LogP contribution in [0.5, 0.6) is 0 Å². The Morgan fingerprint density at radius 3 is 2.39 bits per heavy atom. The predicted molar refractivity (Wildman–Crippen MR) is 90.1 cm³/mol. The fourth-order valence-electron chi connectivity index (χ4n) is 2.14. The van der Waals surface area contributed by atoms with Crippen LogP contribution in [0.15, 0.2) is 30.3 Å². The van der Waals surface area contributed by atoms with Gasteiger partial charge in [0.25, 0.3) is 5.91 Å². The van der Waals surface area contributed by atoms with Crippen molar-refractivity contribution in [2.75, 3.05) is 25.6 Å². The van der Waals surface area contributed by atoms with E-state index >= 15 is 0 Å². The number of aromatic nitrogens is 2. The summed E-state index contributed by atoms with van der Waals surface area (Å²) in [4.78, 5) is 20.6. The molecule has 2 N–H and O–H groups in total. The lowest BCUT2D eigenvalue weighted by Gasteiger charge is -2.08. The molecule has 2 aromatic rings. The molecule has 0 aliphatic carbocycles. The van der Waals surface area contributed by atoms with Gasteiger partial charge in [-0.2, -0.15) is 0 Å². The Labute approximate surface area is 136 Å². The second kappa shape index (κ2) is 8.24. The molecule has 0 atom stereocenters. The Morgan fingerprint density at radius 2 is 1.78 bits per heavy atom. The van der Waals surface area contributed by atoms with Gasteiger partial charge in [-0.15, -0.1) is 0 Å². The molecule has 1 aromatic heterocycles. The molecule has 0 unspecified atom stereocenters. The highest BCUT2D eigenvalue weighted by Gasteiger charge is 2.05. The molecule has 0 saturated carbocycles. The number of nitrogens with zero attached hydrogens (tertiary/aromatic N) is 2. The van der Waals surface area contributed by atoms with Crippen molar-refractivity contribution in [1.29, 1.82) is 0 Å². The van der Waals surface area contributed by atoms with Crippen LogP contribution < -0.4 is 10.6 Å². The molecule has 2 rings (SSSR count). The minimum absolute atomic E-state index is 0.0877. The van der Waals surface area contributed by atoms with Crippen LogP contribution in [0, 0.1) is 13.8 Å². The van der Waals surface area contributed by atoms with Gasteiger partial charge in [-0.3, -0.25) is 4.79 Å². The Kier molecular flexibility index (Phi) is 6.05. The van der Waals surface area contributed by atoms with E-state index in [1.54, 1.807) is 19.2 Å². The van der Waals surface area contributed by atoms with E-state index in [9.17, 15) is 4.79 Å². The Balaban J connectivity index is 1.95. The number of hydrogen-bond acceptors (Lipinski definition) is 5. The van der Waals surface area contributed by atoms with Gasteiger partial charge in [0.15, 0.2) is 0 Å². The molecule has 0 spiro atoms. The van der Waals surface area contributed by atoms with Crippen molar-refractivity contribution in [3.8, 4) is 0 Å². The van der Waals surface area contributed by atoms with Crippen molar-refractivity contribution in [2.24, 2.45) is 0 Å². The molecule has 1 amide bonds. The summed E-state index contributed by atoms with van der Waals surface area (Å²) in [6, 6.07) is 9.14. The quantitative estimate of drug-likeness (QED) is 0.768. The SMILES string of the molecule is COCCCNC(=O)c1ccc(Nc2nc(C)cc(C)n2)cc1. The molecule has 1 aromatic carbocycles. The van der Waals surface area contributed by atoms with Crippen LogP contribution in [-0.4, -0.2) is 36.1 Å². The minimum atomic E-state index is -0.0877. The molecule has 0 radical (unpaired) electrons. The molecule has 6 heteroatoms. The van der Waals surface area contributed by atoms with E-state index in [-0.39, 0.29) is 5.91 Å². The van der Waals surface area contributed by atoms with E-state index in [1.807, 2.05) is 32.0 Å². The number of benzene rings is 1. The number of nitrogens with one attached hydrogen (secondary N) is 2. The molecule has 0 aliphatic heterocycles. The van der Waals surface area contributed by atoms with Gasteiger partial charge in [-0.05, 0) is 50.6 Å². The monoisotopic (exact) mass is 314 g/mol. The van der Waals surface area contributed by atoms with Crippen molar-refractivity contribution >= 4 is 17.5 Å². The van der Waals surface area contributed by atoms with Crippen LogP contribution in [0.1, 0.15) is 28.2 Å². The summed E-state index contributed by atoms with van der Waals surface area (Å²) in [5, 5.41) is 5.99. The average molecular weight is 314 g/mol. The van der Waals surface area contributed by atoms with Crippen molar-refractivity contribution in [3.63, 3.8) is 0 Å². The second-order valence-corrected chi connectivity index (χ2v) is 5.28. The van der Waals surface area contributed by atoms with Crippen molar-refractivity contribution in [1.82, 2.24) is 15.3 Å². The van der Waals surface area contributed by atoms with Gasteiger partial charge in [0.2, 0.25) is 5.95 Å². The zero-order valence-corrected chi connectivity index (χ0v) is 13.7. The lowest BCUT2D eigenvalue weighted by molar-refractivity contribution is 0.0948. The fourth-order valence-corrected chi connectivity index (χ4v) is 2.14. The van der Waals surface area contributed by atoms with E-state index < -0.39 is 0 Å². The van der Waals surface area contributed by atoms with E-state index in [1.165, 1.54) is 0 Å². The normalized spacial score (nSPS) is 10.4. The first kappa shape index (κ1) is 16.9. The molecule has 0 bridgehead atoms. The van der Waals surface area contributed by atoms with E-state index in [2.05, 4.69) is 20.6 Å². The van der Waals surface area contributed by atoms with Crippen LogP contribution in [0.2, 0.25) is 0 Å². The highest BCUT2D eigenvalue weighted by Crippen LogP contribution is 2.14. The smallest absolute Gasteiger partial charge is 0.251 e. The third kappa shape index (κ3) is 5.34. The molecule has 1 heterocycles. The van der Waals surface area contributed by atoms with Gasteiger partial charge in [0, 0.05) is 42.9 Å². The fraction of sp³-hybridized carbons (Fsp3) is 0.353. The van der Waals surface area contributed by atoms with Gasteiger partial charge in [-0.25, -0.2) is 9.97 Å². The maximum atomic E-state index is 12.0. The minimum Gasteiger partial charge on any atom is -0.385 e. The number of methoxy groups -OCH3 is 1. The second-order valence-electron chi connectivity index (χ2n) is 5.28. The third-order valence-corrected chi connectivity index (χ3v) is 3.20. The number of rotatable bonds is 7. The van der Waals surface area contributed by atoms with Crippen LogP contribution >= 0.6 is 0 Å². The lowest BCUT2D eigenvalue weighted by atomic mass is 10.2. The van der Waals surface area contributed by atoms with Crippen LogP contribution in [0.3, 0.4) is 0 Å². The number of amides is 1. The molecule has 0 saturated heterocycles. The number of ether oxygens (including phenoxy) is 1. The van der Waals surface area contributed by atoms with E-state index in [0.717, 1.165) is 23.5 Å². The summed E-state index contributed by atoms with van der Waals surface area (Å²) < 4.78 is 4.95. The zero-order valence-electron chi connectivity index (χ0n) is 13.7. The van der Waals surface area contributed by atoms with Gasteiger partial charge in [-0.1, -0.05) is 0 Å². The highest BCUT2D eigenvalue weighted by atomic mass is 16.5. The highest BCUT2D eigenvalue weighted by molar-refractivity contribution is 5.94. The van der Waals surface area contributed by atoms with Gasteiger partial charge in [0.05, 0.1) is 0 Å². The summed E-state index contributed by atoms with van der Waals surface area (Å²) in [7, 11) is 1.65. The molecule has 122 valence electrons. The topological polar surface area (TPSA) is 76.1 Å². The first-order valence-corrected chi connectivity index (χ1v) is 7.55. The molecule has 0 fully saturated rings. The zero-order chi connectivity index (χ0) is 16.7.